The molecule has 0 aliphatic rings. The average molecular weight is 455 g/mol. The lowest BCUT2D eigenvalue weighted by Crippen LogP contribution is -2.23. The number of nitrogens with one attached hydrogen (secondary N) is 1. The largest absolute Gasteiger partial charge is 0.501 e. The van der Waals surface area contributed by atoms with E-state index in [-0.39, 0.29) is 18.4 Å². The first-order chi connectivity index (χ1) is 14.5. The molecule has 3 N–H and O–H groups in total. The lowest BCUT2D eigenvalue weighted by atomic mass is 9.94. The van der Waals surface area contributed by atoms with Gasteiger partial charge < -0.3 is 15.5 Å². The zero-order chi connectivity index (χ0) is 22.8. The number of sulfone groups is 1. The summed E-state index contributed by atoms with van der Waals surface area (Å²) in [6.45, 7) is 4.00. The van der Waals surface area contributed by atoms with Crippen molar-refractivity contribution in [1.29, 1.82) is 0 Å². The van der Waals surface area contributed by atoms with Crippen LogP contribution in [0.15, 0.2) is 46.4 Å². The SMILES string of the molecule is CC(C)Cc1cc(S(=O)(=O)C(F)(F)F)ccc1-c1cnc(N)nc1NCc1cocn1. The number of anilines is 2. The van der Waals surface area contributed by atoms with Crippen molar-refractivity contribution in [3.8, 4) is 11.1 Å². The molecular formula is C19H20F3N5O3S. The number of oxazole rings is 1. The Morgan fingerprint density at radius 1 is 1.19 bits per heavy atom. The van der Waals surface area contributed by atoms with Crippen LogP contribution < -0.4 is 11.1 Å². The van der Waals surface area contributed by atoms with E-state index in [0.29, 0.717) is 34.6 Å². The third-order valence-electron chi connectivity index (χ3n) is 4.34. The van der Waals surface area contributed by atoms with E-state index in [0.717, 1.165) is 12.1 Å². The fourth-order valence-corrected chi connectivity index (χ4v) is 3.78. The number of hydrogen-bond donors (Lipinski definition) is 2. The second kappa shape index (κ2) is 8.53. The van der Waals surface area contributed by atoms with Crippen LogP contribution in [0.4, 0.5) is 24.9 Å². The van der Waals surface area contributed by atoms with E-state index in [1.54, 1.807) is 0 Å². The van der Waals surface area contributed by atoms with Gasteiger partial charge in [0.15, 0.2) is 6.39 Å². The molecule has 3 aromatic rings. The van der Waals surface area contributed by atoms with Crippen LogP contribution >= 0.6 is 0 Å². The molecule has 0 atom stereocenters. The maximum atomic E-state index is 13.0. The van der Waals surface area contributed by atoms with Crippen LogP contribution in [-0.2, 0) is 22.8 Å². The summed E-state index contributed by atoms with van der Waals surface area (Å²) in [5.41, 5.74) is 2.28. The van der Waals surface area contributed by atoms with Gasteiger partial charge in [0.2, 0.25) is 5.95 Å². The van der Waals surface area contributed by atoms with Crippen LogP contribution in [0.25, 0.3) is 11.1 Å². The zero-order valence-electron chi connectivity index (χ0n) is 16.6. The highest BCUT2D eigenvalue weighted by atomic mass is 32.2. The minimum atomic E-state index is -5.48. The van der Waals surface area contributed by atoms with Gasteiger partial charge in [0.05, 0.1) is 17.1 Å². The first-order valence-corrected chi connectivity index (χ1v) is 10.7. The Hall–Kier alpha value is -3.15. The number of nitrogens with two attached hydrogens (primary N) is 1. The molecule has 2 heterocycles. The Labute approximate surface area is 176 Å². The van der Waals surface area contributed by atoms with Crippen molar-refractivity contribution in [3.63, 3.8) is 0 Å². The summed E-state index contributed by atoms with van der Waals surface area (Å²) in [6.07, 6.45) is 4.49. The first kappa shape index (κ1) is 22.5. The predicted molar refractivity (Wildman–Crippen MR) is 107 cm³/mol. The normalized spacial score (nSPS) is 12.3. The summed E-state index contributed by atoms with van der Waals surface area (Å²) in [7, 11) is -5.48. The number of rotatable bonds is 7. The quantitative estimate of drug-likeness (QED) is 0.551. The van der Waals surface area contributed by atoms with Gasteiger partial charge in [0.25, 0.3) is 9.84 Å². The van der Waals surface area contributed by atoms with Gasteiger partial charge in [-0.15, -0.1) is 0 Å². The van der Waals surface area contributed by atoms with Crippen LogP contribution in [0, 0.1) is 5.92 Å². The molecule has 0 saturated heterocycles. The van der Waals surface area contributed by atoms with E-state index in [1.165, 1.54) is 24.9 Å². The van der Waals surface area contributed by atoms with Gasteiger partial charge in [-0.1, -0.05) is 19.9 Å². The van der Waals surface area contributed by atoms with Crippen molar-refractivity contribution >= 4 is 21.6 Å². The van der Waals surface area contributed by atoms with Gasteiger partial charge in [-0.25, -0.2) is 18.4 Å². The van der Waals surface area contributed by atoms with Crippen molar-refractivity contribution in [1.82, 2.24) is 15.0 Å². The maximum Gasteiger partial charge on any atom is 0.501 e. The molecule has 31 heavy (non-hydrogen) atoms. The number of benzene rings is 1. The topological polar surface area (TPSA) is 124 Å². The molecule has 2 aromatic heterocycles. The Bertz CT molecular complexity index is 1160. The number of aromatic nitrogens is 3. The van der Waals surface area contributed by atoms with Crippen molar-refractivity contribution in [3.05, 3.63) is 48.3 Å². The van der Waals surface area contributed by atoms with Crippen molar-refractivity contribution in [2.24, 2.45) is 5.92 Å². The van der Waals surface area contributed by atoms with Gasteiger partial charge in [0, 0.05) is 11.8 Å². The molecule has 0 bridgehead atoms. The number of nitrogen functional groups attached to an aromatic ring is 1. The van der Waals surface area contributed by atoms with E-state index < -0.39 is 20.2 Å². The number of nitrogens with zero attached hydrogens (tertiary/aromatic N) is 3. The lowest BCUT2D eigenvalue weighted by molar-refractivity contribution is -0.0436. The molecule has 8 nitrogen and oxygen atoms in total. The molecule has 0 aliphatic heterocycles. The monoisotopic (exact) mass is 455 g/mol. The van der Waals surface area contributed by atoms with Crippen LogP contribution in [0.3, 0.4) is 0 Å². The fraction of sp³-hybridized carbons (Fsp3) is 0.316. The summed E-state index contributed by atoms with van der Waals surface area (Å²) in [5.74, 6) is 0.365. The summed E-state index contributed by atoms with van der Waals surface area (Å²) in [6, 6.07) is 3.31. The minimum absolute atomic E-state index is 0.00641. The molecule has 12 heteroatoms. The molecule has 0 unspecified atom stereocenters. The second-order valence-electron chi connectivity index (χ2n) is 7.19. The zero-order valence-corrected chi connectivity index (χ0v) is 17.5. The molecule has 0 saturated carbocycles. The van der Waals surface area contributed by atoms with Gasteiger partial charge in [-0.3, -0.25) is 0 Å². The highest BCUT2D eigenvalue weighted by Crippen LogP contribution is 2.36. The molecule has 0 aliphatic carbocycles. The summed E-state index contributed by atoms with van der Waals surface area (Å²) in [5, 5.41) is 3.05. The van der Waals surface area contributed by atoms with E-state index >= 15 is 0 Å². The molecule has 0 spiro atoms. The van der Waals surface area contributed by atoms with Gasteiger partial charge in [-0.05, 0) is 35.6 Å². The summed E-state index contributed by atoms with van der Waals surface area (Å²) >= 11 is 0. The number of hydrogen-bond acceptors (Lipinski definition) is 8. The maximum absolute atomic E-state index is 13.0. The molecule has 166 valence electrons. The van der Waals surface area contributed by atoms with Crippen molar-refractivity contribution in [2.45, 2.75) is 37.2 Å². The Morgan fingerprint density at radius 3 is 2.55 bits per heavy atom. The average Bonchev–Trinajstić information content (AvgIpc) is 3.19. The fourth-order valence-electron chi connectivity index (χ4n) is 2.97. The molecule has 0 amide bonds. The lowest BCUT2D eigenvalue weighted by Gasteiger charge is -2.17. The predicted octanol–water partition coefficient (Wildman–Crippen LogP) is 3.82. The van der Waals surface area contributed by atoms with Gasteiger partial charge >= 0.3 is 5.51 Å². The number of alkyl halides is 3. The van der Waals surface area contributed by atoms with Crippen LogP contribution in [-0.4, -0.2) is 28.9 Å². The summed E-state index contributed by atoms with van der Waals surface area (Å²) < 4.78 is 67.8. The Morgan fingerprint density at radius 2 is 1.94 bits per heavy atom. The molecular weight excluding hydrogens is 435 g/mol. The van der Waals surface area contributed by atoms with E-state index in [2.05, 4.69) is 20.3 Å². The van der Waals surface area contributed by atoms with Crippen LogP contribution in [0.2, 0.25) is 0 Å². The summed E-state index contributed by atoms with van der Waals surface area (Å²) in [4.78, 5) is 11.4. The molecule has 0 fully saturated rings. The Kier molecular flexibility index (Phi) is 6.20. The second-order valence-corrected chi connectivity index (χ2v) is 9.13. The van der Waals surface area contributed by atoms with Crippen molar-refractivity contribution < 1.29 is 26.0 Å². The van der Waals surface area contributed by atoms with Gasteiger partial charge in [0.1, 0.15) is 12.1 Å². The molecule has 3 rings (SSSR count). The first-order valence-electron chi connectivity index (χ1n) is 9.17. The highest BCUT2D eigenvalue weighted by Gasteiger charge is 2.47. The smallest absolute Gasteiger partial charge is 0.451 e. The van der Waals surface area contributed by atoms with E-state index in [4.69, 9.17) is 10.2 Å². The van der Waals surface area contributed by atoms with Gasteiger partial charge in [-0.2, -0.15) is 18.2 Å². The van der Waals surface area contributed by atoms with Crippen LogP contribution in [0.5, 0.6) is 0 Å². The standard InChI is InChI=1S/C19H20F3N5O3S/c1-11(2)5-12-6-14(31(28,29)19(20,21)22)3-4-15(12)16-8-25-18(23)27-17(16)24-7-13-9-30-10-26-13/h3-4,6,8-11H,5,7H2,1-2H3,(H3,23,24,25,27). The van der Waals surface area contributed by atoms with Crippen LogP contribution in [0.1, 0.15) is 25.1 Å². The molecule has 0 radical (unpaired) electrons. The third kappa shape index (κ3) is 4.95. The highest BCUT2D eigenvalue weighted by molar-refractivity contribution is 7.92. The molecule has 1 aromatic carbocycles. The van der Waals surface area contributed by atoms with E-state index in [9.17, 15) is 21.6 Å². The minimum Gasteiger partial charge on any atom is -0.451 e. The van der Waals surface area contributed by atoms with Crippen molar-refractivity contribution in [2.75, 3.05) is 11.1 Å². The Balaban J connectivity index is 2.09. The van der Waals surface area contributed by atoms with E-state index in [1.807, 2.05) is 13.8 Å². The third-order valence-corrected chi connectivity index (χ3v) is 5.82. The number of halogens is 3.